The lowest BCUT2D eigenvalue weighted by atomic mass is 9.92. The quantitative estimate of drug-likeness (QED) is 0.936. The van der Waals surface area contributed by atoms with Crippen LogP contribution in [-0.2, 0) is 23.1 Å². The molecule has 122 valence electrons. The van der Waals surface area contributed by atoms with Crippen molar-refractivity contribution in [2.24, 2.45) is 13.0 Å². The molecule has 3 rings (SSSR count). The summed E-state index contributed by atoms with van der Waals surface area (Å²) in [5.41, 5.74) is 2.00. The molecule has 0 radical (unpaired) electrons. The highest BCUT2D eigenvalue weighted by Gasteiger charge is 2.35. The van der Waals surface area contributed by atoms with Gasteiger partial charge in [-0.25, -0.2) is 4.98 Å². The fourth-order valence-corrected chi connectivity index (χ4v) is 2.99. The van der Waals surface area contributed by atoms with Gasteiger partial charge in [0.1, 0.15) is 11.9 Å². The van der Waals surface area contributed by atoms with E-state index in [0.29, 0.717) is 13.2 Å². The van der Waals surface area contributed by atoms with Crippen molar-refractivity contribution in [1.82, 2.24) is 19.9 Å². The number of hydrogen-bond acceptors (Lipinski definition) is 4. The van der Waals surface area contributed by atoms with Crippen molar-refractivity contribution in [3.63, 3.8) is 0 Å². The second-order valence-corrected chi connectivity index (χ2v) is 5.96. The first kappa shape index (κ1) is 15.7. The maximum Gasteiger partial charge on any atom is 0.226 e. The number of rotatable bonds is 4. The summed E-state index contributed by atoms with van der Waals surface area (Å²) in [5.74, 6) is 0.629. The molecule has 1 aliphatic heterocycles. The van der Waals surface area contributed by atoms with Gasteiger partial charge in [0.2, 0.25) is 5.91 Å². The summed E-state index contributed by atoms with van der Waals surface area (Å²) in [6.07, 6.45) is 6.82. The standard InChI is InChI=1S/C17H22N4O2/c1-12-10-13(5-6-18-12)11-20-17(22)14-4-3-9-23-15(14)16-19-7-8-21(16)2/h5-8,10,14-15H,3-4,9,11H2,1-2H3,(H,20,22)/t14-,15-/m1/s1. The minimum absolute atomic E-state index is 0.0205. The van der Waals surface area contributed by atoms with Crippen molar-refractivity contribution >= 4 is 5.91 Å². The second-order valence-electron chi connectivity index (χ2n) is 5.96. The van der Waals surface area contributed by atoms with E-state index in [1.54, 1.807) is 12.4 Å². The summed E-state index contributed by atoms with van der Waals surface area (Å²) < 4.78 is 7.77. The summed E-state index contributed by atoms with van der Waals surface area (Å²) in [4.78, 5) is 21.1. The lowest BCUT2D eigenvalue weighted by Gasteiger charge is -2.30. The number of aromatic nitrogens is 3. The molecule has 0 saturated carbocycles. The van der Waals surface area contributed by atoms with Gasteiger partial charge in [-0.15, -0.1) is 0 Å². The van der Waals surface area contributed by atoms with E-state index in [4.69, 9.17) is 4.74 Å². The first-order valence-electron chi connectivity index (χ1n) is 7.93. The van der Waals surface area contributed by atoms with Crippen LogP contribution in [0, 0.1) is 12.8 Å². The van der Waals surface area contributed by atoms with Gasteiger partial charge in [-0.05, 0) is 37.5 Å². The van der Waals surface area contributed by atoms with E-state index in [1.165, 1.54) is 0 Å². The van der Waals surface area contributed by atoms with E-state index in [9.17, 15) is 4.79 Å². The van der Waals surface area contributed by atoms with Gasteiger partial charge in [-0.2, -0.15) is 0 Å². The van der Waals surface area contributed by atoms with E-state index >= 15 is 0 Å². The molecule has 0 aliphatic carbocycles. The van der Waals surface area contributed by atoms with Crippen LogP contribution in [0.2, 0.25) is 0 Å². The first-order valence-corrected chi connectivity index (χ1v) is 7.93. The highest BCUT2D eigenvalue weighted by atomic mass is 16.5. The second kappa shape index (κ2) is 6.91. The minimum Gasteiger partial charge on any atom is -0.369 e. The first-order chi connectivity index (χ1) is 11.1. The largest absolute Gasteiger partial charge is 0.369 e. The van der Waals surface area contributed by atoms with Gasteiger partial charge in [0, 0.05) is 44.5 Å². The van der Waals surface area contributed by atoms with Crippen LogP contribution in [0.4, 0.5) is 0 Å². The van der Waals surface area contributed by atoms with Crippen molar-refractivity contribution in [3.05, 3.63) is 47.8 Å². The molecule has 6 nitrogen and oxygen atoms in total. The molecule has 2 aromatic rings. The molecule has 6 heteroatoms. The fourth-order valence-electron chi connectivity index (χ4n) is 2.99. The normalized spacial score (nSPS) is 21.1. The highest BCUT2D eigenvalue weighted by Crippen LogP contribution is 2.32. The van der Waals surface area contributed by atoms with E-state index < -0.39 is 0 Å². The zero-order valence-corrected chi connectivity index (χ0v) is 13.5. The number of carbonyl (C=O) groups is 1. The molecule has 3 heterocycles. The van der Waals surface area contributed by atoms with Gasteiger partial charge in [0.05, 0.1) is 5.92 Å². The molecule has 1 amide bonds. The molecule has 0 aromatic carbocycles. The zero-order chi connectivity index (χ0) is 16.2. The predicted molar refractivity (Wildman–Crippen MR) is 85.4 cm³/mol. The Morgan fingerprint density at radius 3 is 3.04 bits per heavy atom. The van der Waals surface area contributed by atoms with Crippen molar-refractivity contribution in [2.45, 2.75) is 32.4 Å². The molecule has 0 unspecified atom stereocenters. The molecule has 0 bridgehead atoms. The van der Waals surface area contributed by atoms with Crippen LogP contribution >= 0.6 is 0 Å². The number of aryl methyl sites for hydroxylation is 2. The number of nitrogens with one attached hydrogen (secondary N) is 1. The number of carbonyl (C=O) groups excluding carboxylic acids is 1. The third-order valence-electron chi connectivity index (χ3n) is 4.20. The molecule has 2 aromatic heterocycles. The van der Waals surface area contributed by atoms with E-state index in [-0.39, 0.29) is 17.9 Å². The van der Waals surface area contributed by atoms with Crippen LogP contribution in [-0.4, -0.2) is 27.0 Å². The number of nitrogens with zero attached hydrogens (tertiary/aromatic N) is 3. The highest BCUT2D eigenvalue weighted by molar-refractivity contribution is 5.79. The average molecular weight is 314 g/mol. The van der Waals surface area contributed by atoms with E-state index in [0.717, 1.165) is 29.9 Å². The van der Waals surface area contributed by atoms with Gasteiger partial charge in [0.15, 0.2) is 0 Å². The van der Waals surface area contributed by atoms with Crippen molar-refractivity contribution in [1.29, 1.82) is 0 Å². The van der Waals surface area contributed by atoms with Gasteiger partial charge in [-0.1, -0.05) is 0 Å². The number of amides is 1. The van der Waals surface area contributed by atoms with Crippen LogP contribution in [0.5, 0.6) is 0 Å². The summed E-state index contributed by atoms with van der Waals surface area (Å²) in [7, 11) is 1.93. The molecule has 2 atom stereocenters. The molecule has 1 fully saturated rings. The molecule has 1 N–H and O–H groups in total. The van der Waals surface area contributed by atoms with Gasteiger partial charge < -0.3 is 14.6 Å². The zero-order valence-electron chi connectivity index (χ0n) is 13.5. The van der Waals surface area contributed by atoms with E-state index in [2.05, 4.69) is 15.3 Å². The number of imidazole rings is 1. The van der Waals surface area contributed by atoms with Crippen LogP contribution in [0.1, 0.15) is 36.0 Å². The summed E-state index contributed by atoms with van der Waals surface area (Å²) in [6, 6.07) is 3.90. The maximum absolute atomic E-state index is 12.6. The Morgan fingerprint density at radius 1 is 1.43 bits per heavy atom. The van der Waals surface area contributed by atoms with Gasteiger partial charge in [-0.3, -0.25) is 9.78 Å². The van der Waals surface area contributed by atoms with Gasteiger partial charge in [0.25, 0.3) is 0 Å². The number of hydrogen-bond donors (Lipinski definition) is 1. The molecular formula is C17H22N4O2. The van der Waals surface area contributed by atoms with Crippen LogP contribution in [0.3, 0.4) is 0 Å². The minimum atomic E-state index is -0.275. The smallest absolute Gasteiger partial charge is 0.226 e. The van der Waals surface area contributed by atoms with Crippen LogP contribution in [0.25, 0.3) is 0 Å². The Morgan fingerprint density at radius 2 is 2.30 bits per heavy atom. The number of ether oxygens (including phenoxy) is 1. The topological polar surface area (TPSA) is 69.0 Å². The van der Waals surface area contributed by atoms with Crippen molar-refractivity contribution in [2.75, 3.05) is 6.61 Å². The Kier molecular flexibility index (Phi) is 4.71. The van der Waals surface area contributed by atoms with Crippen molar-refractivity contribution in [3.8, 4) is 0 Å². The molecule has 1 aliphatic rings. The lowest BCUT2D eigenvalue weighted by molar-refractivity contribution is -0.135. The monoisotopic (exact) mass is 314 g/mol. The fraction of sp³-hybridized carbons (Fsp3) is 0.471. The Bertz CT molecular complexity index is 683. The summed E-state index contributed by atoms with van der Waals surface area (Å²) in [6.45, 7) is 3.12. The Balaban J connectivity index is 1.68. The van der Waals surface area contributed by atoms with E-state index in [1.807, 2.05) is 36.9 Å². The summed E-state index contributed by atoms with van der Waals surface area (Å²) in [5, 5.41) is 3.02. The SMILES string of the molecule is Cc1cc(CNC(=O)[C@@H]2CCCO[C@H]2c2nccn2C)ccn1. The lowest BCUT2D eigenvalue weighted by Crippen LogP contribution is -2.38. The third kappa shape index (κ3) is 3.59. The van der Waals surface area contributed by atoms with Crippen molar-refractivity contribution < 1.29 is 9.53 Å². The Hall–Kier alpha value is -2.21. The number of pyridine rings is 1. The molecule has 23 heavy (non-hydrogen) atoms. The average Bonchev–Trinajstić information content (AvgIpc) is 2.98. The Labute approximate surface area is 135 Å². The van der Waals surface area contributed by atoms with Crippen LogP contribution in [0.15, 0.2) is 30.7 Å². The maximum atomic E-state index is 12.6. The van der Waals surface area contributed by atoms with Gasteiger partial charge >= 0.3 is 0 Å². The summed E-state index contributed by atoms with van der Waals surface area (Å²) >= 11 is 0. The molecular weight excluding hydrogens is 292 g/mol. The van der Waals surface area contributed by atoms with Crippen LogP contribution < -0.4 is 5.32 Å². The third-order valence-corrected chi connectivity index (χ3v) is 4.20. The molecule has 0 spiro atoms. The molecule has 1 saturated heterocycles. The predicted octanol–water partition coefficient (Wildman–Crippen LogP) is 1.91.